The van der Waals surface area contributed by atoms with E-state index in [9.17, 15) is 9.59 Å². The van der Waals surface area contributed by atoms with Gasteiger partial charge in [-0.3, -0.25) is 9.59 Å². The number of halogens is 1. The third-order valence-electron chi connectivity index (χ3n) is 1.84. The molecule has 1 aliphatic heterocycles. The van der Waals surface area contributed by atoms with Crippen molar-refractivity contribution in [2.75, 3.05) is 26.2 Å². The third kappa shape index (κ3) is 3.61. The highest BCUT2D eigenvalue weighted by molar-refractivity contribution is 6.34. The van der Waals surface area contributed by atoms with Gasteiger partial charge in [0.05, 0.1) is 0 Å². The van der Waals surface area contributed by atoms with E-state index in [-0.39, 0.29) is 12.4 Å². The summed E-state index contributed by atoms with van der Waals surface area (Å²) in [6.45, 7) is 2.82. The Morgan fingerprint density at radius 3 is 2.54 bits per heavy atom. The van der Waals surface area contributed by atoms with Gasteiger partial charge in [0, 0.05) is 19.6 Å². The first-order valence-corrected chi connectivity index (χ1v) is 4.01. The van der Waals surface area contributed by atoms with E-state index in [0.29, 0.717) is 13.1 Å². The highest BCUT2D eigenvalue weighted by Crippen LogP contribution is 1.95. The summed E-state index contributed by atoms with van der Waals surface area (Å²) >= 11 is 0. The second-order valence-corrected chi connectivity index (χ2v) is 2.76. The van der Waals surface area contributed by atoms with Crippen molar-refractivity contribution in [3.8, 4) is 0 Å². The molecular formula is C7H14ClN3O2. The smallest absolute Gasteiger partial charge is 0.311 e. The van der Waals surface area contributed by atoms with Crippen LogP contribution >= 0.6 is 12.4 Å². The molecule has 1 heterocycles. The van der Waals surface area contributed by atoms with Gasteiger partial charge in [-0.15, -0.1) is 12.4 Å². The summed E-state index contributed by atoms with van der Waals surface area (Å²) in [4.78, 5) is 23.1. The van der Waals surface area contributed by atoms with Crippen LogP contribution in [0, 0.1) is 0 Å². The van der Waals surface area contributed by atoms with E-state index in [1.807, 2.05) is 0 Å². The number of primary amides is 1. The highest BCUT2D eigenvalue weighted by atomic mass is 35.5. The molecule has 5 nitrogen and oxygen atoms in total. The van der Waals surface area contributed by atoms with Crippen LogP contribution in [0.1, 0.15) is 6.42 Å². The quantitative estimate of drug-likeness (QED) is 0.486. The molecule has 0 atom stereocenters. The van der Waals surface area contributed by atoms with E-state index in [4.69, 9.17) is 5.73 Å². The molecular weight excluding hydrogens is 194 g/mol. The van der Waals surface area contributed by atoms with Gasteiger partial charge in [-0.25, -0.2) is 0 Å². The Hall–Kier alpha value is -0.810. The lowest BCUT2D eigenvalue weighted by molar-refractivity contribution is -0.144. The lowest BCUT2D eigenvalue weighted by atomic mass is 10.4. The van der Waals surface area contributed by atoms with E-state index in [1.54, 1.807) is 0 Å². The fourth-order valence-electron chi connectivity index (χ4n) is 1.20. The van der Waals surface area contributed by atoms with Crippen LogP contribution in [0.2, 0.25) is 0 Å². The lowest BCUT2D eigenvalue weighted by Gasteiger charge is -2.17. The first-order valence-electron chi connectivity index (χ1n) is 4.01. The van der Waals surface area contributed by atoms with Crippen molar-refractivity contribution in [3.05, 3.63) is 0 Å². The Morgan fingerprint density at radius 2 is 1.92 bits per heavy atom. The van der Waals surface area contributed by atoms with Gasteiger partial charge in [0.25, 0.3) is 0 Å². The second kappa shape index (κ2) is 5.77. The number of nitrogens with zero attached hydrogens (tertiary/aromatic N) is 1. The van der Waals surface area contributed by atoms with E-state index in [0.717, 1.165) is 19.5 Å². The predicted molar refractivity (Wildman–Crippen MR) is 50.5 cm³/mol. The molecule has 0 saturated carbocycles. The molecule has 76 valence electrons. The van der Waals surface area contributed by atoms with Crippen molar-refractivity contribution in [1.29, 1.82) is 0 Å². The minimum absolute atomic E-state index is 0. The normalized spacial score (nSPS) is 17.1. The van der Waals surface area contributed by atoms with Crippen LogP contribution in [0.4, 0.5) is 0 Å². The Labute approximate surface area is 83.0 Å². The van der Waals surface area contributed by atoms with E-state index < -0.39 is 11.8 Å². The minimum Gasteiger partial charge on any atom is -0.361 e. The molecule has 0 aliphatic carbocycles. The molecule has 1 rings (SSSR count). The van der Waals surface area contributed by atoms with Crippen molar-refractivity contribution >= 4 is 24.2 Å². The predicted octanol–water partition coefficient (Wildman–Crippen LogP) is -1.28. The molecule has 13 heavy (non-hydrogen) atoms. The topological polar surface area (TPSA) is 75.4 Å². The van der Waals surface area contributed by atoms with Crippen LogP contribution in [0.15, 0.2) is 0 Å². The maximum atomic E-state index is 11.1. The van der Waals surface area contributed by atoms with E-state index >= 15 is 0 Å². The van der Waals surface area contributed by atoms with Gasteiger partial charge in [0.15, 0.2) is 0 Å². The zero-order valence-corrected chi connectivity index (χ0v) is 8.10. The number of carbonyl (C=O) groups is 2. The van der Waals surface area contributed by atoms with E-state index in [1.165, 1.54) is 4.90 Å². The Morgan fingerprint density at radius 1 is 1.23 bits per heavy atom. The van der Waals surface area contributed by atoms with Crippen molar-refractivity contribution in [1.82, 2.24) is 10.2 Å². The average Bonchev–Trinajstić information content (AvgIpc) is 2.30. The Bertz CT molecular complexity index is 190. The van der Waals surface area contributed by atoms with Crippen LogP contribution in [-0.4, -0.2) is 42.9 Å². The molecule has 0 aromatic carbocycles. The van der Waals surface area contributed by atoms with Crippen molar-refractivity contribution < 1.29 is 9.59 Å². The number of nitrogens with one attached hydrogen (secondary N) is 1. The molecule has 0 aromatic heterocycles. The van der Waals surface area contributed by atoms with Crippen LogP contribution in [0.25, 0.3) is 0 Å². The number of amides is 2. The maximum absolute atomic E-state index is 11.1. The molecule has 2 amide bonds. The van der Waals surface area contributed by atoms with Gasteiger partial charge in [-0.1, -0.05) is 0 Å². The first kappa shape index (κ1) is 12.2. The van der Waals surface area contributed by atoms with Crippen LogP contribution in [-0.2, 0) is 9.59 Å². The summed E-state index contributed by atoms with van der Waals surface area (Å²) in [5, 5.41) is 3.13. The van der Waals surface area contributed by atoms with Crippen molar-refractivity contribution in [2.45, 2.75) is 6.42 Å². The summed E-state index contributed by atoms with van der Waals surface area (Å²) in [5.41, 5.74) is 4.87. The molecule has 0 aromatic rings. The number of nitrogens with two attached hydrogens (primary N) is 1. The van der Waals surface area contributed by atoms with Crippen LogP contribution in [0.3, 0.4) is 0 Å². The molecule has 1 saturated heterocycles. The van der Waals surface area contributed by atoms with Crippen molar-refractivity contribution in [2.24, 2.45) is 5.73 Å². The molecule has 6 heteroatoms. The molecule has 3 N–H and O–H groups in total. The van der Waals surface area contributed by atoms with Gasteiger partial charge >= 0.3 is 11.8 Å². The molecule has 0 spiro atoms. The molecule has 0 unspecified atom stereocenters. The summed E-state index contributed by atoms with van der Waals surface area (Å²) in [5.74, 6) is -1.43. The molecule has 1 aliphatic rings. The third-order valence-corrected chi connectivity index (χ3v) is 1.84. The lowest BCUT2D eigenvalue weighted by Crippen LogP contribution is -2.41. The average molecular weight is 208 g/mol. The largest absolute Gasteiger partial charge is 0.361 e. The zero-order chi connectivity index (χ0) is 8.97. The van der Waals surface area contributed by atoms with Crippen LogP contribution < -0.4 is 11.1 Å². The van der Waals surface area contributed by atoms with E-state index in [2.05, 4.69) is 5.32 Å². The number of hydrogen-bond acceptors (Lipinski definition) is 3. The fraction of sp³-hybridized carbons (Fsp3) is 0.714. The summed E-state index contributed by atoms with van der Waals surface area (Å²) in [7, 11) is 0. The fourth-order valence-corrected chi connectivity index (χ4v) is 1.20. The SMILES string of the molecule is Cl.NC(=O)C(=O)N1CCCNCC1. The monoisotopic (exact) mass is 207 g/mol. The number of hydrogen-bond donors (Lipinski definition) is 2. The highest BCUT2D eigenvalue weighted by Gasteiger charge is 2.19. The van der Waals surface area contributed by atoms with Crippen molar-refractivity contribution in [3.63, 3.8) is 0 Å². The standard InChI is InChI=1S/C7H13N3O2.ClH/c8-6(11)7(12)10-4-1-2-9-3-5-10;/h9H,1-5H2,(H2,8,11);1H. The van der Waals surface area contributed by atoms with Gasteiger partial charge in [-0.2, -0.15) is 0 Å². The number of rotatable bonds is 0. The van der Waals surface area contributed by atoms with Gasteiger partial charge < -0.3 is 16.0 Å². The summed E-state index contributed by atoms with van der Waals surface area (Å²) in [6.07, 6.45) is 0.874. The summed E-state index contributed by atoms with van der Waals surface area (Å²) < 4.78 is 0. The van der Waals surface area contributed by atoms with Crippen LogP contribution in [0.5, 0.6) is 0 Å². The molecule has 0 bridgehead atoms. The maximum Gasteiger partial charge on any atom is 0.311 e. The molecule has 0 radical (unpaired) electrons. The number of carbonyl (C=O) groups excluding carboxylic acids is 2. The second-order valence-electron chi connectivity index (χ2n) is 2.76. The Balaban J connectivity index is 0.00000144. The molecule has 1 fully saturated rings. The van der Waals surface area contributed by atoms with Gasteiger partial charge in [0.2, 0.25) is 0 Å². The van der Waals surface area contributed by atoms with Gasteiger partial charge in [0.1, 0.15) is 0 Å². The minimum atomic E-state index is -0.864. The Kier molecular flexibility index (Phi) is 5.41. The van der Waals surface area contributed by atoms with Gasteiger partial charge in [-0.05, 0) is 13.0 Å². The first-order chi connectivity index (χ1) is 5.72. The zero-order valence-electron chi connectivity index (χ0n) is 7.28. The summed E-state index contributed by atoms with van der Waals surface area (Å²) in [6, 6.07) is 0.